The van der Waals surface area contributed by atoms with Crippen LogP contribution in [0.25, 0.3) is 0 Å². The Balaban J connectivity index is 2.20. The van der Waals surface area contributed by atoms with Crippen molar-refractivity contribution in [1.82, 2.24) is 5.32 Å². The van der Waals surface area contributed by atoms with Crippen LogP contribution in [0.1, 0.15) is 29.8 Å². The third-order valence-electron chi connectivity index (χ3n) is 3.96. The van der Waals surface area contributed by atoms with Gasteiger partial charge in [0.2, 0.25) is 6.17 Å². The van der Waals surface area contributed by atoms with E-state index >= 15 is 0 Å². The molecule has 1 fully saturated rings. The van der Waals surface area contributed by atoms with Crippen molar-refractivity contribution in [2.75, 3.05) is 13.1 Å². The van der Waals surface area contributed by atoms with Gasteiger partial charge in [0.1, 0.15) is 25.3 Å². The van der Waals surface area contributed by atoms with Crippen LogP contribution in [0.5, 0.6) is 0 Å². The number of carbonyl (C=O) groups is 1. The number of carbonyl (C=O) groups excluding carboxylic acids is 1. The van der Waals surface area contributed by atoms with E-state index in [2.05, 4.69) is 5.32 Å². The number of benzene rings is 1. The number of hydrogen-bond donors (Lipinski definition) is 2. The van der Waals surface area contributed by atoms with Gasteiger partial charge in [-0.25, -0.2) is 0 Å². The van der Waals surface area contributed by atoms with Crippen molar-refractivity contribution in [3.8, 4) is 0 Å². The zero-order valence-electron chi connectivity index (χ0n) is 13.4. The van der Waals surface area contributed by atoms with Crippen molar-refractivity contribution in [3.63, 3.8) is 0 Å². The molecule has 1 aliphatic heterocycles. The monoisotopic (exact) mass is 379 g/mol. The lowest BCUT2D eigenvalue weighted by Crippen LogP contribution is -3.22. The van der Waals surface area contributed by atoms with Crippen molar-refractivity contribution in [2.45, 2.75) is 42.9 Å². The van der Waals surface area contributed by atoms with Crippen molar-refractivity contribution in [3.05, 3.63) is 35.4 Å². The number of hydrogen-bond acceptors (Lipinski definition) is 2. The van der Waals surface area contributed by atoms with Crippen LogP contribution in [-0.4, -0.2) is 41.2 Å². The summed E-state index contributed by atoms with van der Waals surface area (Å²) in [4.78, 5) is 13.6. The summed E-state index contributed by atoms with van der Waals surface area (Å²) in [5.74, 6) is -0.237. The van der Waals surface area contributed by atoms with Crippen LogP contribution in [-0.2, 0) is 4.74 Å². The number of ether oxygens (including phenoxy) is 1. The number of amides is 1. The van der Waals surface area contributed by atoms with E-state index < -0.39 is 9.96 Å². The van der Waals surface area contributed by atoms with Crippen LogP contribution >= 0.6 is 34.8 Å². The summed E-state index contributed by atoms with van der Waals surface area (Å²) >= 11 is 18.5. The third-order valence-corrected chi connectivity index (χ3v) is 4.62. The fourth-order valence-electron chi connectivity index (χ4n) is 3.00. The lowest BCUT2D eigenvalue weighted by atomic mass is 10.1. The highest BCUT2D eigenvalue weighted by Crippen LogP contribution is 2.28. The van der Waals surface area contributed by atoms with E-state index in [0.717, 1.165) is 10.5 Å². The molecule has 1 heterocycles. The second kappa shape index (κ2) is 7.58. The summed E-state index contributed by atoms with van der Waals surface area (Å²) in [7, 11) is 0. The maximum Gasteiger partial charge on any atom is 0.262 e. The topological polar surface area (TPSA) is 42.8 Å². The minimum atomic E-state index is -1.61. The number of aryl methyl sites for hydroxylation is 1. The molecular formula is C16H22Cl3N2O2+. The molecule has 2 rings (SSSR count). The van der Waals surface area contributed by atoms with Crippen LogP contribution in [0.4, 0.5) is 0 Å². The van der Waals surface area contributed by atoms with Gasteiger partial charge in [-0.15, -0.1) is 0 Å². The molecule has 1 aromatic carbocycles. The highest BCUT2D eigenvalue weighted by atomic mass is 35.6. The van der Waals surface area contributed by atoms with Gasteiger partial charge in [0.15, 0.2) is 0 Å². The lowest BCUT2D eigenvalue weighted by Gasteiger charge is -2.39. The number of halogens is 3. The summed E-state index contributed by atoms with van der Waals surface area (Å²) in [6, 6.07) is 7.35. The summed E-state index contributed by atoms with van der Waals surface area (Å²) < 4.78 is 4.12. The molecule has 2 N–H and O–H groups in total. The van der Waals surface area contributed by atoms with Crippen LogP contribution in [0.3, 0.4) is 0 Å². The molecule has 1 aromatic rings. The normalized spacial score (nSPS) is 26.6. The first kappa shape index (κ1) is 18.8. The molecule has 128 valence electrons. The molecule has 4 atom stereocenters. The fourth-order valence-corrected chi connectivity index (χ4v) is 3.63. The molecule has 4 nitrogen and oxygen atoms in total. The molecule has 23 heavy (non-hydrogen) atoms. The van der Waals surface area contributed by atoms with Gasteiger partial charge in [0.05, 0.1) is 0 Å². The lowest BCUT2D eigenvalue weighted by molar-refractivity contribution is -0.941. The zero-order valence-corrected chi connectivity index (χ0v) is 15.7. The third kappa shape index (κ3) is 4.97. The summed E-state index contributed by atoms with van der Waals surface area (Å²) in [6.45, 7) is 7.17. The molecular weight excluding hydrogens is 359 g/mol. The fraction of sp³-hybridized carbons (Fsp3) is 0.562. The Morgan fingerprint density at radius 1 is 1.26 bits per heavy atom. The molecule has 0 aliphatic carbocycles. The van der Waals surface area contributed by atoms with Gasteiger partial charge in [-0.2, -0.15) is 0 Å². The van der Waals surface area contributed by atoms with E-state index in [9.17, 15) is 4.79 Å². The molecule has 1 saturated heterocycles. The first-order valence-corrected chi connectivity index (χ1v) is 8.75. The van der Waals surface area contributed by atoms with Gasteiger partial charge in [0.25, 0.3) is 9.70 Å². The van der Waals surface area contributed by atoms with Crippen molar-refractivity contribution >= 4 is 40.7 Å². The predicted octanol–water partition coefficient (Wildman–Crippen LogP) is 2.11. The van der Waals surface area contributed by atoms with Crippen molar-refractivity contribution in [2.24, 2.45) is 0 Å². The van der Waals surface area contributed by atoms with Crippen LogP contribution in [0.2, 0.25) is 0 Å². The molecule has 7 heteroatoms. The molecule has 0 spiro atoms. The number of nitrogens with one attached hydrogen (secondary N) is 2. The predicted molar refractivity (Wildman–Crippen MR) is 93.4 cm³/mol. The molecule has 0 radical (unpaired) electrons. The molecule has 0 saturated carbocycles. The summed E-state index contributed by atoms with van der Waals surface area (Å²) in [5.41, 5.74) is 1.47. The molecule has 1 unspecified atom stereocenters. The molecule has 1 aliphatic rings. The quantitative estimate of drug-likeness (QED) is 0.789. The number of quaternary nitrogens is 1. The van der Waals surface area contributed by atoms with E-state index in [1.165, 1.54) is 0 Å². The average Bonchev–Trinajstić information content (AvgIpc) is 2.42. The van der Waals surface area contributed by atoms with Crippen molar-refractivity contribution in [1.29, 1.82) is 0 Å². The van der Waals surface area contributed by atoms with E-state index in [1.54, 1.807) is 6.07 Å². The minimum absolute atomic E-state index is 0.0407. The first-order valence-electron chi connectivity index (χ1n) is 7.61. The van der Waals surface area contributed by atoms with Gasteiger partial charge >= 0.3 is 0 Å². The Morgan fingerprint density at radius 3 is 2.35 bits per heavy atom. The Labute approximate surface area is 152 Å². The van der Waals surface area contributed by atoms with E-state index in [1.807, 2.05) is 39.0 Å². The number of morpholine rings is 1. The first-order chi connectivity index (χ1) is 10.7. The molecule has 1 amide bonds. The Kier molecular flexibility index (Phi) is 6.20. The smallest absolute Gasteiger partial charge is 0.262 e. The van der Waals surface area contributed by atoms with Crippen LogP contribution in [0, 0.1) is 6.92 Å². The molecule has 0 bridgehead atoms. The van der Waals surface area contributed by atoms with Crippen LogP contribution in [0.15, 0.2) is 24.3 Å². The average molecular weight is 381 g/mol. The van der Waals surface area contributed by atoms with Gasteiger partial charge in [-0.3, -0.25) is 10.1 Å². The molecule has 0 aromatic heterocycles. The minimum Gasteiger partial charge on any atom is -0.364 e. The highest BCUT2D eigenvalue weighted by molar-refractivity contribution is 6.68. The van der Waals surface area contributed by atoms with Crippen molar-refractivity contribution < 1.29 is 14.4 Å². The zero-order chi connectivity index (χ0) is 17.2. The Hall–Kier alpha value is -0.520. The summed E-state index contributed by atoms with van der Waals surface area (Å²) in [5, 5.41) is 2.90. The Morgan fingerprint density at radius 2 is 1.83 bits per heavy atom. The maximum atomic E-state index is 12.6. The largest absolute Gasteiger partial charge is 0.364 e. The van der Waals surface area contributed by atoms with Gasteiger partial charge in [-0.1, -0.05) is 53.0 Å². The maximum absolute atomic E-state index is 12.6. The summed E-state index contributed by atoms with van der Waals surface area (Å²) in [6.07, 6.45) is -0.564. The number of rotatable bonds is 3. The van der Waals surface area contributed by atoms with E-state index in [4.69, 9.17) is 39.5 Å². The van der Waals surface area contributed by atoms with Crippen LogP contribution < -0.4 is 10.2 Å². The van der Waals surface area contributed by atoms with E-state index in [0.29, 0.717) is 18.7 Å². The Bertz CT molecular complexity index is 553. The highest BCUT2D eigenvalue weighted by Gasteiger charge is 2.45. The number of alkyl halides is 3. The second-order valence-corrected chi connectivity index (χ2v) is 8.46. The van der Waals surface area contributed by atoms with Gasteiger partial charge < -0.3 is 9.64 Å². The van der Waals surface area contributed by atoms with Gasteiger partial charge in [0, 0.05) is 5.56 Å². The standard InChI is InChI=1S/C16H21Cl3N2O2/c1-10-6-4-5-7-13(10)14(22)20-15(16(17,18)19)21-8-11(2)23-12(3)9-21/h4-7,11-12,15H,8-9H2,1-3H3,(H,20,22)/p+1/t11-,12+,15-/m1/s1. The second-order valence-electron chi connectivity index (χ2n) is 6.09. The SMILES string of the molecule is Cc1ccccc1C(=O)N[C@H]([NH+]1C[C@@H](C)O[C@@H](C)C1)C(Cl)(Cl)Cl. The van der Waals surface area contributed by atoms with Gasteiger partial charge in [-0.05, 0) is 32.4 Å². The van der Waals surface area contributed by atoms with E-state index in [-0.39, 0.29) is 18.1 Å².